The third kappa shape index (κ3) is 4.90. The molecule has 13 heavy (non-hydrogen) atoms. The largest absolute Gasteiger partial charge is 0.394 e. The second kappa shape index (κ2) is 7.66. The first-order chi connectivity index (χ1) is 5.54. The van der Waals surface area contributed by atoms with Crippen LogP contribution in [-0.4, -0.2) is 68.3 Å². The van der Waals surface area contributed by atoms with Gasteiger partial charge in [0.1, 0.15) is 24.4 Å². The van der Waals surface area contributed by atoms with Crippen LogP contribution in [0.25, 0.3) is 0 Å². The Balaban J connectivity index is 0. The minimum atomic E-state index is -1.67. The van der Waals surface area contributed by atoms with Gasteiger partial charge in [0.2, 0.25) is 0 Å². The molecule has 0 radical (unpaired) electrons. The van der Waals surface area contributed by atoms with Crippen LogP contribution < -0.4 is 0 Å². The maximum atomic E-state index is 8.96. The molecule has 6 N–H and O–H groups in total. The smallest absolute Gasteiger partial charge is 0.111 e. The molecule has 0 fully saturated rings. The van der Waals surface area contributed by atoms with Crippen LogP contribution in [0.3, 0.4) is 0 Å². The van der Waals surface area contributed by atoms with Crippen LogP contribution in [0.2, 0.25) is 0 Å². The van der Waals surface area contributed by atoms with Crippen LogP contribution in [0.4, 0.5) is 0 Å². The molecule has 7 heteroatoms. The van der Waals surface area contributed by atoms with E-state index in [4.69, 9.17) is 30.6 Å². The van der Waals surface area contributed by atoms with Crippen molar-refractivity contribution in [3.05, 3.63) is 0 Å². The molecule has 0 rings (SSSR count). The summed E-state index contributed by atoms with van der Waals surface area (Å²) in [5, 5.41) is 52.2. The second-order valence-corrected chi connectivity index (χ2v) is 2.48. The van der Waals surface area contributed by atoms with E-state index in [-0.39, 0.29) is 17.1 Å². The van der Waals surface area contributed by atoms with Crippen LogP contribution in [0.1, 0.15) is 0 Å². The summed E-state index contributed by atoms with van der Waals surface area (Å²) < 4.78 is 0. The fraction of sp³-hybridized carbons (Fsp3) is 1.00. The van der Waals surface area contributed by atoms with Gasteiger partial charge in [-0.3, -0.25) is 0 Å². The number of rotatable bonds is 5. The van der Waals surface area contributed by atoms with Gasteiger partial charge in [-0.05, 0) is 0 Å². The summed E-state index contributed by atoms with van der Waals surface area (Å²) in [6, 6.07) is 0. The van der Waals surface area contributed by atoms with Crippen LogP contribution >= 0.6 is 0 Å². The Bertz CT molecular complexity index is 110. The third-order valence-electron chi connectivity index (χ3n) is 1.51. The topological polar surface area (TPSA) is 121 Å². The van der Waals surface area contributed by atoms with Gasteiger partial charge in [0.05, 0.1) is 13.2 Å². The summed E-state index contributed by atoms with van der Waals surface area (Å²) in [6.07, 6.45) is -6.39. The van der Waals surface area contributed by atoms with Gasteiger partial charge in [0.25, 0.3) is 0 Å². The van der Waals surface area contributed by atoms with E-state index in [1.165, 1.54) is 0 Å². The Labute approximate surface area is 85.9 Å². The SMILES string of the molecule is OC[C@@H](O)[C@@H](O)[C@H](O)[C@H](O)CO.[Fe]. The number of hydrogen-bond donors (Lipinski definition) is 6. The van der Waals surface area contributed by atoms with E-state index < -0.39 is 37.6 Å². The van der Waals surface area contributed by atoms with Crippen molar-refractivity contribution in [3.63, 3.8) is 0 Å². The average Bonchev–Trinajstić information content (AvgIpc) is 2.12. The zero-order chi connectivity index (χ0) is 9.72. The van der Waals surface area contributed by atoms with Crippen LogP contribution in [0.5, 0.6) is 0 Å². The molecule has 0 aliphatic rings. The van der Waals surface area contributed by atoms with Gasteiger partial charge < -0.3 is 30.6 Å². The summed E-state index contributed by atoms with van der Waals surface area (Å²) in [5.74, 6) is 0. The molecule has 6 nitrogen and oxygen atoms in total. The summed E-state index contributed by atoms with van der Waals surface area (Å²) >= 11 is 0. The number of aliphatic hydroxyl groups excluding tert-OH is 6. The quantitative estimate of drug-likeness (QED) is 0.275. The van der Waals surface area contributed by atoms with Gasteiger partial charge in [-0.2, -0.15) is 0 Å². The molecular formula is C6H14FeO6. The standard InChI is InChI=1S/C6H14O6.Fe/c7-1-3(9)5(11)6(12)4(10)2-8;/h3-12H,1-2H2;/t3-,4-,5-,6-;/m1./s1. The summed E-state index contributed by atoms with van der Waals surface area (Å²) in [7, 11) is 0. The van der Waals surface area contributed by atoms with E-state index in [1.54, 1.807) is 0 Å². The third-order valence-corrected chi connectivity index (χ3v) is 1.51. The maximum Gasteiger partial charge on any atom is 0.111 e. The van der Waals surface area contributed by atoms with Crippen molar-refractivity contribution in [2.75, 3.05) is 13.2 Å². The van der Waals surface area contributed by atoms with Crippen molar-refractivity contribution >= 4 is 0 Å². The van der Waals surface area contributed by atoms with E-state index in [1.807, 2.05) is 0 Å². The van der Waals surface area contributed by atoms with Gasteiger partial charge in [-0.1, -0.05) is 0 Å². The Morgan fingerprint density at radius 2 is 0.923 bits per heavy atom. The minimum Gasteiger partial charge on any atom is -0.394 e. The van der Waals surface area contributed by atoms with Gasteiger partial charge in [0, 0.05) is 17.1 Å². The Morgan fingerprint density at radius 1 is 0.692 bits per heavy atom. The van der Waals surface area contributed by atoms with Crippen molar-refractivity contribution in [1.82, 2.24) is 0 Å². The molecule has 4 atom stereocenters. The molecule has 0 aromatic heterocycles. The Morgan fingerprint density at radius 3 is 1.08 bits per heavy atom. The predicted octanol–water partition coefficient (Wildman–Crippen LogP) is -3.59. The monoisotopic (exact) mass is 238 g/mol. The van der Waals surface area contributed by atoms with E-state index in [2.05, 4.69) is 0 Å². The van der Waals surface area contributed by atoms with Crippen LogP contribution in [-0.2, 0) is 17.1 Å². The molecular weight excluding hydrogens is 224 g/mol. The molecule has 0 unspecified atom stereocenters. The van der Waals surface area contributed by atoms with Crippen molar-refractivity contribution in [2.45, 2.75) is 24.4 Å². The molecule has 0 aliphatic heterocycles. The zero-order valence-electron chi connectivity index (χ0n) is 6.76. The molecule has 0 saturated heterocycles. The molecule has 0 bridgehead atoms. The first-order valence-corrected chi connectivity index (χ1v) is 3.48. The molecule has 82 valence electrons. The first-order valence-electron chi connectivity index (χ1n) is 3.48. The van der Waals surface area contributed by atoms with E-state index in [0.717, 1.165) is 0 Å². The van der Waals surface area contributed by atoms with E-state index in [0.29, 0.717) is 0 Å². The van der Waals surface area contributed by atoms with Crippen molar-refractivity contribution in [2.24, 2.45) is 0 Å². The van der Waals surface area contributed by atoms with Gasteiger partial charge >= 0.3 is 0 Å². The van der Waals surface area contributed by atoms with E-state index >= 15 is 0 Å². The zero-order valence-corrected chi connectivity index (χ0v) is 7.86. The van der Waals surface area contributed by atoms with Crippen LogP contribution in [0, 0.1) is 0 Å². The van der Waals surface area contributed by atoms with Crippen molar-refractivity contribution < 1.29 is 47.7 Å². The fourth-order valence-corrected chi connectivity index (χ4v) is 0.671. The van der Waals surface area contributed by atoms with Gasteiger partial charge in [-0.15, -0.1) is 0 Å². The molecule has 0 saturated carbocycles. The van der Waals surface area contributed by atoms with Gasteiger partial charge in [0.15, 0.2) is 0 Å². The summed E-state index contributed by atoms with van der Waals surface area (Å²) in [6.45, 7) is -1.45. The molecule has 0 spiro atoms. The molecule has 0 aromatic carbocycles. The summed E-state index contributed by atoms with van der Waals surface area (Å²) in [5.41, 5.74) is 0. The molecule has 0 aliphatic carbocycles. The Kier molecular flexibility index (Phi) is 9.28. The first kappa shape index (κ1) is 15.7. The normalized spacial score (nSPS) is 19.8. The number of hydrogen-bond acceptors (Lipinski definition) is 6. The van der Waals surface area contributed by atoms with Crippen molar-refractivity contribution in [1.29, 1.82) is 0 Å². The minimum absolute atomic E-state index is 0. The average molecular weight is 238 g/mol. The van der Waals surface area contributed by atoms with E-state index in [9.17, 15) is 0 Å². The molecule has 0 heterocycles. The molecule has 0 aromatic rings. The van der Waals surface area contributed by atoms with Crippen molar-refractivity contribution in [3.8, 4) is 0 Å². The van der Waals surface area contributed by atoms with Crippen LogP contribution in [0.15, 0.2) is 0 Å². The second-order valence-electron chi connectivity index (χ2n) is 2.48. The maximum absolute atomic E-state index is 8.96. The van der Waals surface area contributed by atoms with Gasteiger partial charge in [-0.25, -0.2) is 0 Å². The molecule has 0 amide bonds. The predicted molar refractivity (Wildman–Crippen MR) is 38.2 cm³/mol. The Hall–Kier alpha value is 0.279. The fourth-order valence-electron chi connectivity index (χ4n) is 0.671. The number of aliphatic hydroxyl groups is 6. The summed E-state index contributed by atoms with van der Waals surface area (Å²) in [4.78, 5) is 0.